The topological polar surface area (TPSA) is 163 Å². The zero-order chi connectivity index (χ0) is 28.9. The summed E-state index contributed by atoms with van der Waals surface area (Å²) in [6.45, 7) is 0. The van der Waals surface area contributed by atoms with E-state index in [0.29, 0.717) is 11.1 Å². The fourth-order valence-electron chi connectivity index (χ4n) is 4.98. The summed E-state index contributed by atoms with van der Waals surface area (Å²) in [5, 5.41) is 50.5. The summed E-state index contributed by atoms with van der Waals surface area (Å²) in [5.74, 6) is -1.39. The summed E-state index contributed by atoms with van der Waals surface area (Å²) in [4.78, 5) is 26.1. The Labute approximate surface area is 239 Å². The third-order valence-corrected chi connectivity index (χ3v) is 9.54. The molecule has 2 unspecified atom stereocenters. The molecular formula is C30H22GeO10. The molecule has 2 atom stereocenters. The Hall–Kier alpha value is -4.84. The van der Waals surface area contributed by atoms with Gasteiger partial charge in [-0.25, -0.2) is 0 Å². The number of ether oxygens (including phenoxy) is 2. The van der Waals surface area contributed by atoms with E-state index >= 15 is 0 Å². The fraction of sp³-hybridized carbons (Fsp3) is 0.133. The molecule has 5 N–H and O–H groups in total. The van der Waals surface area contributed by atoms with Gasteiger partial charge >= 0.3 is 240 Å². The van der Waals surface area contributed by atoms with Gasteiger partial charge in [0, 0.05) is 0 Å². The van der Waals surface area contributed by atoms with Crippen molar-refractivity contribution < 1.29 is 48.4 Å². The molecule has 4 aromatic rings. The molecule has 4 aromatic carbocycles. The van der Waals surface area contributed by atoms with Crippen molar-refractivity contribution in [2.45, 2.75) is 23.4 Å². The fourth-order valence-corrected chi connectivity index (χ4v) is 7.23. The Balaban J connectivity index is 1.34. The zero-order valence-corrected chi connectivity index (χ0v) is 23.3. The van der Waals surface area contributed by atoms with Crippen LogP contribution in [0, 0.1) is 0 Å². The average molecular weight is 615 g/mol. The molecule has 0 spiro atoms. The van der Waals surface area contributed by atoms with Crippen LogP contribution in [-0.2, 0) is 4.43 Å². The number of benzene rings is 4. The van der Waals surface area contributed by atoms with E-state index in [-0.39, 0.29) is 70.0 Å². The molecule has 0 fully saturated rings. The molecule has 2 aliphatic rings. The molecule has 0 aromatic heterocycles. The molecule has 41 heavy (non-hydrogen) atoms. The van der Waals surface area contributed by atoms with E-state index < -0.39 is 37.8 Å². The normalized spacial score (nSPS) is 19.5. The van der Waals surface area contributed by atoms with Crippen molar-refractivity contribution in [2.24, 2.45) is 0 Å². The van der Waals surface area contributed by atoms with Gasteiger partial charge in [-0.05, 0) is 0 Å². The van der Waals surface area contributed by atoms with E-state index in [2.05, 4.69) is 0 Å². The average Bonchev–Trinajstić information content (AvgIpc) is 2.91. The maximum absolute atomic E-state index is 13.2. The van der Waals surface area contributed by atoms with Gasteiger partial charge in [-0.2, -0.15) is 0 Å². The van der Waals surface area contributed by atoms with Crippen LogP contribution in [0.3, 0.4) is 0 Å². The van der Waals surface area contributed by atoms with Crippen LogP contribution in [0.1, 0.15) is 50.8 Å². The van der Waals surface area contributed by atoms with Gasteiger partial charge in [0.2, 0.25) is 0 Å². The number of Topliss-reactive ketones (excluding diaryl/α,β-unsaturated/α-hetero) is 2. The van der Waals surface area contributed by atoms with Crippen molar-refractivity contribution in [3.8, 4) is 46.0 Å². The molecule has 0 amide bonds. The summed E-state index contributed by atoms with van der Waals surface area (Å²) < 4.78 is 17.2. The van der Waals surface area contributed by atoms with Crippen LogP contribution >= 0.6 is 0 Å². The standard InChI is InChI=1S/C30H22GeO10/c32-17-5-1-15(2-6-17)25-13-23(37)28-22(36)11-20(12-26(28)39-25)41-31-30(16-3-7-18(33)8-4-16)14-24(38)29-21(35)9-19(34)10-27(29)40-30/h1-12,25,32-36H,13-14H2. The van der Waals surface area contributed by atoms with Crippen molar-refractivity contribution in [1.29, 1.82) is 0 Å². The van der Waals surface area contributed by atoms with E-state index in [1.165, 1.54) is 42.5 Å². The quantitative estimate of drug-likeness (QED) is 0.203. The van der Waals surface area contributed by atoms with E-state index in [4.69, 9.17) is 13.2 Å². The van der Waals surface area contributed by atoms with Crippen LogP contribution in [0.25, 0.3) is 0 Å². The minimum atomic E-state index is -1.77. The third-order valence-electron chi connectivity index (χ3n) is 6.94. The summed E-state index contributed by atoms with van der Waals surface area (Å²) >= 11 is -1.77. The molecule has 0 saturated heterocycles. The van der Waals surface area contributed by atoms with Crippen LogP contribution < -0.4 is 13.2 Å². The first-order valence-corrected chi connectivity index (χ1v) is 14.4. The van der Waals surface area contributed by atoms with Crippen LogP contribution in [0.5, 0.6) is 46.0 Å². The number of phenols is 5. The molecule has 11 heteroatoms. The number of phenolic OH excluding ortho intramolecular Hbond substituents is 5. The Kier molecular flexibility index (Phi) is 6.42. The summed E-state index contributed by atoms with van der Waals surface area (Å²) in [6.07, 6.45) is -0.836. The zero-order valence-electron chi connectivity index (χ0n) is 21.2. The Morgan fingerprint density at radius 2 is 1.37 bits per heavy atom. The molecule has 10 nitrogen and oxygen atoms in total. The maximum atomic E-state index is 13.2. The Morgan fingerprint density at radius 3 is 2.07 bits per heavy atom. The Morgan fingerprint density at radius 1 is 0.732 bits per heavy atom. The summed E-state index contributed by atoms with van der Waals surface area (Å²) in [7, 11) is 0. The van der Waals surface area contributed by atoms with Crippen molar-refractivity contribution in [1.82, 2.24) is 0 Å². The second-order valence-corrected chi connectivity index (χ2v) is 12.3. The molecular weight excluding hydrogens is 593 g/mol. The number of hydrogen-bond acceptors (Lipinski definition) is 10. The van der Waals surface area contributed by atoms with Gasteiger partial charge in [-0.15, -0.1) is 0 Å². The van der Waals surface area contributed by atoms with Crippen LogP contribution in [-0.4, -0.2) is 52.9 Å². The van der Waals surface area contributed by atoms with Gasteiger partial charge < -0.3 is 0 Å². The van der Waals surface area contributed by atoms with E-state index in [9.17, 15) is 35.1 Å². The Bertz CT molecular complexity index is 1680. The summed E-state index contributed by atoms with van der Waals surface area (Å²) in [6, 6.07) is 17.4. The van der Waals surface area contributed by atoms with Crippen LogP contribution in [0.15, 0.2) is 72.8 Å². The van der Waals surface area contributed by atoms with Crippen molar-refractivity contribution in [3.63, 3.8) is 0 Å². The second kappa shape index (κ2) is 9.97. The predicted molar refractivity (Wildman–Crippen MR) is 144 cm³/mol. The first-order chi connectivity index (χ1) is 19.6. The molecule has 2 radical (unpaired) electrons. The number of carbonyl (C=O) groups excluding carboxylic acids is 2. The van der Waals surface area contributed by atoms with E-state index in [1.54, 1.807) is 24.3 Å². The molecule has 2 heterocycles. The van der Waals surface area contributed by atoms with Gasteiger partial charge in [0.15, 0.2) is 0 Å². The van der Waals surface area contributed by atoms with Crippen LogP contribution in [0.4, 0.5) is 0 Å². The molecule has 0 aliphatic carbocycles. The summed E-state index contributed by atoms with van der Waals surface area (Å²) in [5.41, 5.74) is 1.18. The number of aromatic hydroxyl groups is 5. The van der Waals surface area contributed by atoms with Crippen LogP contribution in [0.2, 0.25) is 0 Å². The van der Waals surface area contributed by atoms with Crippen molar-refractivity contribution in [2.75, 3.05) is 0 Å². The SMILES string of the molecule is O=C1CC(c2ccc(O)cc2)Oc2cc([O][Ge][C]3(c4ccc(O)cc4)CC(=O)c4c(O)cc(O)cc4O3)cc(O)c21. The van der Waals surface area contributed by atoms with Gasteiger partial charge in [-0.1, -0.05) is 0 Å². The predicted octanol–water partition coefficient (Wildman–Crippen LogP) is 4.44. The van der Waals surface area contributed by atoms with E-state index in [0.717, 1.165) is 6.07 Å². The monoisotopic (exact) mass is 616 g/mol. The van der Waals surface area contributed by atoms with Gasteiger partial charge in [0.05, 0.1) is 0 Å². The third kappa shape index (κ3) is 4.86. The first-order valence-electron chi connectivity index (χ1n) is 12.5. The van der Waals surface area contributed by atoms with Crippen molar-refractivity contribution in [3.05, 3.63) is 95.1 Å². The first kappa shape index (κ1) is 26.4. The van der Waals surface area contributed by atoms with Gasteiger partial charge in [0.1, 0.15) is 0 Å². The number of rotatable bonds is 5. The number of ketones is 2. The van der Waals surface area contributed by atoms with E-state index in [1.807, 2.05) is 0 Å². The number of fused-ring (bicyclic) bond motifs is 2. The number of carbonyl (C=O) groups is 2. The molecule has 206 valence electrons. The van der Waals surface area contributed by atoms with Gasteiger partial charge in [0.25, 0.3) is 0 Å². The molecule has 6 rings (SSSR count). The minimum absolute atomic E-state index is 0.00156. The van der Waals surface area contributed by atoms with Crippen molar-refractivity contribution >= 4 is 27.3 Å². The second-order valence-electron chi connectivity index (χ2n) is 9.76. The molecule has 0 bridgehead atoms. The molecule has 2 aliphatic heterocycles. The van der Waals surface area contributed by atoms with Gasteiger partial charge in [-0.3, -0.25) is 0 Å². The number of hydrogen-bond donors (Lipinski definition) is 5. The molecule has 0 saturated carbocycles.